The zero-order valence-corrected chi connectivity index (χ0v) is 9.32. The molecule has 4 nitrogen and oxygen atoms in total. The third kappa shape index (κ3) is 4.46. The lowest BCUT2D eigenvalue weighted by atomic mass is 10.2. The van der Waals surface area contributed by atoms with Gasteiger partial charge < -0.3 is 19.6 Å². The van der Waals surface area contributed by atoms with Gasteiger partial charge >= 0.3 is 0 Å². The van der Waals surface area contributed by atoms with Crippen molar-refractivity contribution in [2.45, 2.75) is 32.5 Å². The van der Waals surface area contributed by atoms with E-state index in [1.54, 1.807) is 7.11 Å². The van der Waals surface area contributed by atoms with E-state index in [9.17, 15) is 0 Å². The molecule has 0 aliphatic rings. The highest BCUT2D eigenvalue weighted by molar-refractivity contribution is 5.06. The third-order valence-corrected chi connectivity index (χ3v) is 2.19. The second-order valence-electron chi connectivity index (χ2n) is 3.60. The van der Waals surface area contributed by atoms with E-state index in [-0.39, 0.29) is 6.61 Å². The standard InChI is InChI=1S/C11H19NO3/c1-9(5-6-13)12-7-10-3-4-11(15-10)8-14-2/h3-4,9,12-13H,5-8H2,1-2H3/t9-/m1/s1. The van der Waals surface area contributed by atoms with Crippen LogP contribution in [0.2, 0.25) is 0 Å². The van der Waals surface area contributed by atoms with E-state index in [1.807, 2.05) is 19.1 Å². The van der Waals surface area contributed by atoms with Gasteiger partial charge in [-0.25, -0.2) is 0 Å². The number of hydrogen-bond acceptors (Lipinski definition) is 4. The maximum atomic E-state index is 8.73. The van der Waals surface area contributed by atoms with Crippen LogP contribution in [0.4, 0.5) is 0 Å². The molecule has 1 aromatic rings. The Hall–Kier alpha value is -0.840. The minimum atomic E-state index is 0.210. The summed E-state index contributed by atoms with van der Waals surface area (Å²) in [6, 6.07) is 4.15. The first kappa shape index (κ1) is 12.2. The lowest BCUT2D eigenvalue weighted by Crippen LogP contribution is -2.26. The van der Waals surface area contributed by atoms with Crippen molar-refractivity contribution in [3.63, 3.8) is 0 Å². The fourth-order valence-corrected chi connectivity index (χ4v) is 1.31. The first-order chi connectivity index (χ1) is 7.26. The normalized spacial score (nSPS) is 13.0. The Morgan fingerprint density at radius 3 is 2.87 bits per heavy atom. The summed E-state index contributed by atoms with van der Waals surface area (Å²) >= 11 is 0. The summed E-state index contributed by atoms with van der Waals surface area (Å²) in [6.07, 6.45) is 0.756. The van der Waals surface area contributed by atoms with Gasteiger partial charge in [0.15, 0.2) is 0 Å². The highest BCUT2D eigenvalue weighted by atomic mass is 16.5. The summed E-state index contributed by atoms with van der Waals surface area (Å²) in [5.41, 5.74) is 0. The van der Waals surface area contributed by atoms with Crippen LogP contribution in [0, 0.1) is 0 Å². The molecule has 0 aromatic carbocycles. The molecule has 2 N–H and O–H groups in total. The lowest BCUT2D eigenvalue weighted by molar-refractivity contribution is 0.162. The molecular weight excluding hydrogens is 194 g/mol. The smallest absolute Gasteiger partial charge is 0.129 e. The molecule has 0 radical (unpaired) electrons. The quantitative estimate of drug-likeness (QED) is 0.716. The number of ether oxygens (including phenoxy) is 1. The molecule has 0 aliphatic carbocycles. The molecule has 1 heterocycles. The molecule has 0 amide bonds. The van der Waals surface area contributed by atoms with Gasteiger partial charge in [0, 0.05) is 19.8 Å². The minimum Gasteiger partial charge on any atom is -0.462 e. The minimum absolute atomic E-state index is 0.210. The molecule has 15 heavy (non-hydrogen) atoms. The fourth-order valence-electron chi connectivity index (χ4n) is 1.31. The number of furan rings is 1. The first-order valence-corrected chi connectivity index (χ1v) is 5.17. The monoisotopic (exact) mass is 213 g/mol. The zero-order valence-electron chi connectivity index (χ0n) is 9.32. The predicted molar refractivity (Wildman–Crippen MR) is 57.4 cm³/mol. The van der Waals surface area contributed by atoms with E-state index < -0.39 is 0 Å². The molecule has 0 saturated heterocycles. The largest absolute Gasteiger partial charge is 0.462 e. The van der Waals surface area contributed by atoms with Crippen LogP contribution in [0.5, 0.6) is 0 Å². The van der Waals surface area contributed by atoms with Crippen LogP contribution in [0.1, 0.15) is 24.9 Å². The van der Waals surface area contributed by atoms with E-state index in [0.29, 0.717) is 19.2 Å². The van der Waals surface area contributed by atoms with E-state index >= 15 is 0 Å². The molecule has 0 unspecified atom stereocenters. The number of rotatable bonds is 7. The van der Waals surface area contributed by atoms with E-state index in [4.69, 9.17) is 14.3 Å². The van der Waals surface area contributed by atoms with E-state index in [0.717, 1.165) is 17.9 Å². The molecule has 4 heteroatoms. The van der Waals surface area contributed by atoms with Crippen molar-refractivity contribution in [1.29, 1.82) is 0 Å². The van der Waals surface area contributed by atoms with Crippen LogP contribution in [0.3, 0.4) is 0 Å². The van der Waals surface area contributed by atoms with Crippen molar-refractivity contribution in [2.75, 3.05) is 13.7 Å². The summed E-state index contributed by atoms with van der Waals surface area (Å²) in [7, 11) is 1.64. The van der Waals surface area contributed by atoms with Crippen LogP contribution in [-0.2, 0) is 17.9 Å². The highest BCUT2D eigenvalue weighted by Gasteiger charge is 2.04. The number of aliphatic hydroxyl groups is 1. The van der Waals surface area contributed by atoms with Crippen LogP contribution >= 0.6 is 0 Å². The second kappa shape index (κ2) is 6.61. The van der Waals surface area contributed by atoms with Crippen molar-refractivity contribution < 1.29 is 14.3 Å². The molecule has 1 atom stereocenters. The Morgan fingerprint density at radius 2 is 2.20 bits per heavy atom. The molecule has 0 spiro atoms. The Kier molecular flexibility index (Phi) is 5.39. The Labute approximate surface area is 90.2 Å². The zero-order chi connectivity index (χ0) is 11.1. The van der Waals surface area contributed by atoms with Gasteiger partial charge in [-0.3, -0.25) is 0 Å². The molecule has 86 valence electrons. The number of methoxy groups -OCH3 is 1. The summed E-state index contributed by atoms with van der Waals surface area (Å²) in [6.45, 7) is 3.44. The van der Waals surface area contributed by atoms with Crippen LogP contribution in [0.15, 0.2) is 16.5 Å². The van der Waals surface area contributed by atoms with Crippen LogP contribution in [-0.4, -0.2) is 24.9 Å². The van der Waals surface area contributed by atoms with Gasteiger partial charge in [0.2, 0.25) is 0 Å². The number of hydrogen-bond donors (Lipinski definition) is 2. The van der Waals surface area contributed by atoms with Gasteiger partial charge in [-0.2, -0.15) is 0 Å². The topological polar surface area (TPSA) is 54.6 Å². The van der Waals surface area contributed by atoms with Gasteiger partial charge in [-0.05, 0) is 25.5 Å². The molecule has 0 saturated carbocycles. The van der Waals surface area contributed by atoms with Gasteiger partial charge in [0.25, 0.3) is 0 Å². The summed E-state index contributed by atoms with van der Waals surface area (Å²) < 4.78 is 10.5. The van der Waals surface area contributed by atoms with Gasteiger partial charge in [0.1, 0.15) is 18.1 Å². The first-order valence-electron chi connectivity index (χ1n) is 5.17. The summed E-state index contributed by atoms with van der Waals surface area (Å²) in [5.74, 6) is 1.73. The Morgan fingerprint density at radius 1 is 1.47 bits per heavy atom. The molecule has 0 aliphatic heterocycles. The van der Waals surface area contributed by atoms with Crippen molar-refractivity contribution >= 4 is 0 Å². The summed E-state index contributed by atoms with van der Waals surface area (Å²) in [5, 5.41) is 12.0. The molecule has 1 rings (SSSR count). The SMILES string of the molecule is COCc1ccc(CN[C@H](C)CCO)o1. The molecular formula is C11H19NO3. The average molecular weight is 213 g/mol. The van der Waals surface area contributed by atoms with E-state index in [2.05, 4.69) is 5.32 Å². The summed E-state index contributed by atoms with van der Waals surface area (Å²) in [4.78, 5) is 0. The van der Waals surface area contributed by atoms with E-state index in [1.165, 1.54) is 0 Å². The van der Waals surface area contributed by atoms with Crippen molar-refractivity contribution in [2.24, 2.45) is 0 Å². The fraction of sp³-hybridized carbons (Fsp3) is 0.636. The Balaban J connectivity index is 2.30. The van der Waals surface area contributed by atoms with Gasteiger partial charge in [0.05, 0.1) is 6.54 Å². The third-order valence-electron chi connectivity index (χ3n) is 2.19. The average Bonchev–Trinajstić information content (AvgIpc) is 2.64. The second-order valence-corrected chi connectivity index (χ2v) is 3.60. The Bertz CT molecular complexity index is 273. The molecule has 0 bridgehead atoms. The van der Waals surface area contributed by atoms with Gasteiger partial charge in [-0.1, -0.05) is 0 Å². The van der Waals surface area contributed by atoms with Crippen molar-refractivity contribution in [1.82, 2.24) is 5.32 Å². The van der Waals surface area contributed by atoms with Crippen LogP contribution in [0.25, 0.3) is 0 Å². The number of nitrogens with one attached hydrogen (secondary N) is 1. The molecule has 0 fully saturated rings. The maximum Gasteiger partial charge on any atom is 0.129 e. The van der Waals surface area contributed by atoms with Crippen LogP contribution < -0.4 is 5.32 Å². The van der Waals surface area contributed by atoms with Gasteiger partial charge in [-0.15, -0.1) is 0 Å². The maximum absolute atomic E-state index is 8.73. The van der Waals surface area contributed by atoms with Crippen molar-refractivity contribution in [3.8, 4) is 0 Å². The lowest BCUT2D eigenvalue weighted by Gasteiger charge is -2.10. The van der Waals surface area contributed by atoms with Crippen molar-refractivity contribution in [3.05, 3.63) is 23.7 Å². The molecule has 1 aromatic heterocycles. The number of aliphatic hydroxyl groups excluding tert-OH is 1. The highest BCUT2D eigenvalue weighted by Crippen LogP contribution is 2.08. The predicted octanol–water partition coefficient (Wildman–Crippen LogP) is 1.29.